The number of benzene rings is 2. The third kappa shape index (κ3) is 2.46. The number of fused-ring (bicyclic) bond motifs is 5. The van der Waals surface area contributed by atoms with Crippen LogP contribution < -0.4 is 4.74 Å². The molecule has 2 aromatic rings. The van der Waals surface area contributed by atoms with Crippen molar-refractivity contribution in [3.8, 4) is 17.6 Å². The molecule has 4 nitrogen and oxygen atoms in total. The topological polar surface area (TPSA) is 70.3 Å². The molecule has 2 bridgehead atoms. The van der Waals surface area contributed by atoms with Crippen molar-refractivity contribution in [1.29, 1.82) is 5.26 Å². The second-order valence-electron chi connectivity index (χ2n) is 8.98. The Labute approximate surface area is 171 Å². The van der Waals surface area contributed by atoms with Crippen LogP contribution in [0.1, 0.15) is 50.0 Å². The molecule has 2 aromatic carbocycles. The summed E-state index contributed by atoms with van der Waals surface area (Å²) in [6.45, 7) is 0. The number of carboxylic acid groups (broad SMARTS) is 1. The van der Waals surface area contributed by atoms with Crippen molar-refractivity contribution < 1.29 is 14.6 Å². The van der Waals surface area contributed by atoms with E-state index < -0.39 is 22.7 Å². The van der Waals surface area contributed by atoms with Crippen LogP contribution in [0.15, 0.2) is 54.6 Å². The monoisotopic (exact) mass is 387 g/mol. The van der Waals surface area contributed by atoms with E-state index in [0.29, 0.717) is 18.1 Å². The first-order valence-corrected chi connectivity index (χ1v) is 10.6. The van der Waals surface area contributed by atoms with E-state index in [1.54, 1.807) is 0 Å². The van der Waals surface area contributed by atoms with Gasteiger partial charge in [-0.25, -0.2) is 0 Å². The highest BCUT2D eigenvalue weighted by atomic mass is 16.5. The lowest BCUT2D eigenvalue weighted by atomic mass is 9.53. The summed E-state index contributed by atoms with van der Waals surface area (Å²) in [5.74, 6) is 1.01. The fraction of sp³-hybridized carbons (Fsp3) is 0.440. The van der Waals surface area contributed by atoms with Gasteiger partial charge in [-0.3, -0.25) is 4.79 Å². The molecular weight excluding hydrogens is 362 g/mol. The van der Waals surface area contributed by atoms with E-state index in [-0.39, 0.29) is 5.92 Å². The van der Waals surface area contributed by atoms with Crippen LogP contribution in [0.3, 0.4) is 0 Å². The highest BCUT2D eigenvalue weighted by Gasteiger charge is 2.74. The van der Waals surface area contributed by atoms with Gasteiger partial charge in [-0.2, -0.15) is 5.26 Å². The van der Waals surface area contributed by atoms with Gasteiger partial charge in [-0.05, 0) is 73.8 Å². The van der Waals surface area contributed by atoms with Gasteiger partial charge in [-0.15, -0.1) is 0 Å². The molecule has 5 atom stereocenters. The Morgan fingerprint density at radius 1 is 1.10 bits per heavy atom. The summed E-state index contributed by atoms with van der Waals surface area (Å²) in [5.41, 5.74) is -0.327. The molecule has 3 aliphatic rings. The molecule has 148 valence electrons. The molecule has 4 heteroatoms. The lowest BCUT2D eigenvalue weighted by Gasteiger charge is -2.47. The highest BCUT2D eigenvalue weighted by Crippen LogP contribution is 2.76. The number of carboxylic acids is 1. The first kappa shape index (κ1) is 18.2. The van der Waals surface area contributed by atoms with Crippen molar-refractivity contribution in [3.63, 3.8) is 0 Å². The largest absolute Gasteiger partial charge is 0.481 e. The van der Waals surface area contributed by atoms with Gasteiger partial charge in [0.2, 0.25) is 0 Å². The van der Waals surface area contributed by atoms with Crippen molar-refractivity contribution in [2.45, 2.75) is 44.4 Å². The van der Waals surface area contributed by atoms with Gasteiger partial charge in [0, 0.05) is 5.41 Å². The molecular formula is C25H25NO3. The number of nitriles is 1. The van der Waals surface area contributed by atoms with Crippen LogP contribution in [-0.4, -0.2) is 11.1 Å². The Morgan fingerprint density at radius 3 is 2.66 bits per heavy atom. The molecule has 0 spiro atoms. The molecule has 0 radical (unpaired) electrons. The average Bonchev–Trinajstić information content (AvgIpc) is 3.41. The summed E-state index contributed by atoms with van der Waals surface area (Å²) in [4.78, 5) is 12.6. The average molecular weight is 387 g/mol. The van der Waals surface area contributed by atoms with Crippen molar-refractivity contribution in [2.75, 3.05) is 0 Å². The number of hydrogen-bond acceptors (Lipinski definition) is 3. The molecule has 5 unspecified atom stereocenters. The zero-order valence-electron chi connectivity index (χ0n) is 16.4. The number of nitrogens with zero attached hydrogens (tertiary/aromatic N) is 1. The number of ether oxygens (including phenoxy) is 1. The molecule has 3 saturated carbocycles. The minimum atomic E-state index is -0.743. The molecule has 0 saturated heterocycles. The van der Waals surface area contributed by atoms with Gasteiger partial charge in [0.15, 0.2) is 0 Å². The van der Waals surface area contributed by atoms with Gasteiger partial charge in [0.05, 0.1) is 17.4 Å². The molecule has 5 rings (SSSR count). The minimum Gasteiger partial charge on any atom is -0.481 e. The Morgan fingerprint density at radius 2 is 1.90 bits per heavy atom. The molecule has 0 amide bonds. The van der Waals surface area contributed by atoms with Crippen molar-refractivity contribution in [1.82, 2.24) is 0 Å². The number of carbonyl (C=O) groups is 1. The van der Waals surface area contributed by atoms with Crippen LogP contribution in [-0.2, 0) is 4.79 Å². The van der Waals surface area contributed by atoms with Gasteiger partial charge >= 0.3 is 5.97 Å². The molecule has 1 N–H and O–H groups in total. The summed E-state index contributed by atoms with van der Waals surface area (Å²) in [6, 6.07) is 19.8. The molecule has 3 fully saturated rings. The predicted octanol–water partition coefficient (Wildman–Crippen LogP) is 5.76. The third-order valence-corrected chi connectivity index (χ3v) is 8.00. The van der Waals surface area contributed by atoms with Gasteiger partial charge in [-0.1, -0.05) is 36.8 Å². The van der Waals surface area contributed by atoms with Crippen LogP contribution in [0.2, 0.25) is 0 Å². The minimum absolute atomic E-state index is 0.230. The molecule has 0 heterocycles. The van der Waals surface area contributed by atoms with E-state index >= 15 is 0 Å². The van der Waals surface area contributed by atoms with E-state index in [1.807, 2.05) is 54.6 Å². The van der Waals surface area contributed by atoms with E-state index in [9.17, 15) is 15.2 Å². The van der Waals surface area contributed by atoms with E-state index in [1.165, 1.54) is 0 Å². The number of para-hydroxylation sites is 1. The smallest absolute Gasteiger partial charge is 0.310 e. The van der Waals surface area contributed by atoms with Crippen LogP contribution in [0.4, 0.5) is 0 Å². The Kier molecular flexibility index (Phi) is 4.17. The lowest BCUT2D eigenvalue weighted by Crippen LogP contribution is -2.49. The normalized spacial score (nSPS) is 33.1. The van der Waals surface area contributed by atoms with Crippen LogP contribution in [0.5, 0.6) is 11.5 Å². The standard InChI is InChI=1S/C25H25NO3/c26-16-22(17-6-4-9-20(14-17)29-19-7-2-1-3-8-19)24-13-11-18(15-24)21-10-5-12-25(21,24)23(27)28/h1-4,6-9,14,18,21-22H,5,10-13,15H2,(H,27,28). The maximum atomic E-state index is 12.6. The van der Waals surface area contributed by atoms with Crippen LogP contribution in [0, 0.1) is 34.0 Å². The van der Waals surface area contributed by atoms with E-state index in [4.69, 9.17) is 4.74 Å². The zero-order valence-corrected chi connectivity index (χ0v) is 16.4. The van der Waals surface area contributed by atoms with Gasteiger partial charge in [0.25, 0.3) is 0 Å². The Balaban J connectivity index is 1.54. The molecule has 3 aliphatic carbocycles. The summed E-state index contributed by atoms with van der Waals surface area (Å²) < 4.78 is 5.99. The van der Waals surface area contributed by atoms with E-state index in [0.717, 1.165) is 43.4 Å². The summed E-state index contributed by atoms with van der Waals surface area (Å²) >= 11 is 0. The van der Waals surface area contributed by atoms with Crippen molar-refractivity contribution in [3.05, 3.63) is 60.2 Å². The van der Waals surface area contributed by atoms with Crippen LogP contribution in [0.25, 0.3) is 0 Å². The molecule has 29 heavy (non-hydrogen) atoms. The maximum Gasteiger partial charge on any atom is 0.310 e. The Hall–Kier alpha value is -2.80. The third-order valence-electron chi connectivity index (χ3n) is 8.00. The number of aliphatic carboxylic acids is 1. The van der Waals surface area contributed by atoms with Crippen molar-refractivity contribution >= 4 is 5.97 Å². The summed E-state index contributed by atoms with van der Waals surface area (Å²) in [5, 5.41) is 20.6. The van der Waals surface area contributed by atoms with Crippen molar-refractivity contribution in [2.24, 2.45) is 22.7 Å². The predicted molar refractivity (Wildman–Crippen MR) is 108 cm³/mol. The SMILES string of the molecule is N#CC(c1cccc(Oc2ccccc2)c1)C12CCC(C1)C1CCCC12C(=O)O. The second-order valence-corrected chi connectivity index (χ2v) is 8.98. The number of hydrogen-bond donors (Lipinski definition) is 1. The summed E-state index contributed by atoms with van der Waals surface area (Å²) in [6.07, 6.45) is 5.42. The fourth-order valence-corrected chi connectivity index (χ4v) is 7.05. The van der Waals surface area contributed by atoms with E-state index in [2.05, 4.69) is 6.07 Å². The quantitative estimate of drug-likeness (QED) is 0.708. The molecule has 0 aromatic heterocycles. The van der Waals surface area contributed by atoms with Gasteiger partial charge in [0.1, 0.15) is 11.5 Å². The highest BCUT2D eigenvalue weighted by molar-refractivity contribution is 5.78. The zero-order chi connectivity index (χ0) is 20.1. The number of rotatable bonds is 5. The van der Waals surface area contributed by atoms with Crippen LogP contribution >= 0.6 is 0 Å². The maximum absolute atomic E-state index is 12.6. The fourth-order valence-electron chi connectivity index (χ4n) is 7.05. The molecule has 0 aliphatic heterocycles. The summed E-state index contributed by atoms with van der Waals surface area (Å²) in [7, 11) is 0. The Bertz CT molecular complexity index is 981. The van der Waals surface area contributed by atoms with Gasteiger partial charge < -0.3 is 9.84 Å². The second kappa shape index (κ2) is 6.62. The first-order chi connectivity index (χ1) is 14.1. The first-order valence-electron chi connectivity index (χ1n) is 10.6. The lowest BCUT2D eigenvalue weighted by molar-refractivity contribution is -0.161.